The molecule has 0 unspecified atom stereocenters. The number of aryl methyl sites for hydroxylation is 2. The van der Waals surface area contributed by atoms with Crippen LogP contribution in [0, 0.1) is 13.8 Å². The molecule has 0 saturated carbocycles. The first kappa shape index (κ1) is 17.2. The van der Waals surface area contributed by atoms with Gasteiger partial charge in [-0.3, -0.25) is 9.69 Å². The fourth-order valence-corrected chi connectivity index (χ4v) is 4.58. The van der Waals surface area contributed by atoms with Crippen LogP contribution in [0.3, 0.4) is 0 Å². The Morgan fingerprint density at radius 3 is 2.42 bits per heavy atom. The molecule has 4 nitrogen and oxygen atoms in total. The average Bonchev–Trinajstić information content (AvgIpc) is 3.03. The molecule has 0 bridgehead atoms. The molecule has 1 aliphatic rings. The van der Waals surface area contributed by atoms with Gasteiger partial charge in [0, 0.05) is 31.7 Å². The van der Waals surface area contributed by atoms with E-state index in [2.05, 4.69) is 29.2 Å². The fraction of sp³-hybridized carbons (Fsp3) is 0.333. The number of nitrogens with zero attached hydrogens (tertiary/aromatic N) is 3. The molecule has 26 heavy (non-hydrogen) atoms. The van der Waals surface area contributed by atoms with Crippen molar-refractivity contribution < 1.29 is 4.79 Å². The number of para-hydroxylation sites is 1. The van der Waals surface area contributed by atoms with Crippen molar-refractivity contribution in [2.45, 2.75) is 20.4 Å². The Morgan fingerprint density at radius 1 is 1.04 bits per heavy atom. The smallest absolute Gasteiger partial charge is 0.253 e. The third-order valence-corrected chi connectivity index (χ3v) is 5.85. The van der Waals surface area contributed by atoms with Gasteiger partial charge in [0.15, 0.2) is 0 Å². The minimum Gasteiger partial charge on any atom is -0.336 e. The van der Waals surface area contributed by atoms with Crippen molar-refractivity contribution in [3.63, 3.8) is 0 Å². The van der Waals surface area contributed by atoms with Crippen LogP contribution >= 0.6 is 11.3 Å². The van der Waals surface area contributed by atoms with Gasteiger partial charge in [-0.25, -0.2) is 4.98 Å². The van der Waals surface area contributed by atoms with Crippen molar-refractivity contribution >= 4 is 27.5 Å². The lowest BCUT2D eigenvalue weighted by molar-refractivity contribution is 0.0628. The Labute approximate surface area is 158 Å². The molecular formula is C21H23N3OS. The highest BCUT2D eigenvalue weighted by atomic mass is 32.1. The standard InChI is InChI=1S/C21H23N3OS/c1-15-11-16(2)13-17(12-15)21(25)24-9-7-23(8-10-24)14-20-22-18-5-3-4-6-19(18)26-20/h3-6,11-13H,7-10,14H2,1-2H3. The number of rotatable bonds is 3. The lowest BCUT2D eigenvalue weighted by Crippen LogP contribution is -2.48. The highest BCUT2D eigenvalue weighted by molar-refractivity contribution is 7.18. The number of amides is 1. The lowest BCUT2D eigenvalue weighted by Gasteiger charge is -2.34. The molecule has 1 saturated heterocycles. The molecule has 0 spiro atoms. The van der Waals surface area contributed by atoms with Crippen molar-refractivity contribution in [1.82, 2.24) is 14.8 Å². The minimum atomic E-state index is 0.149. The number of fused-ring (bicyclic) bond motifs is 1. The zero-order valence-corrected chi connectivity index (χ0v) is 16.1. The van der Waals surface area contributed by atoms with Gasteiger partial charge in [-0.15, -0.1) is 11.3 Å². The summed E-state index contributed by atoms with van der Waals surface area (Å²) < 4.78 is 1.24. The van der Waals surface area contributed by atoms with Crippen LogP contribution in [0.2, 0.25) is 0 Å². The Morgan fingerprint density at radius 2 is 1.73 bits per heavy atom. The number of hydrogen-bond acceptors (Lipinski definition) is 4. The molecule has 0 N–H and O–H groups in total. The first-order valence-corrected chi connectivity index (χ1v) is 9.84. The van der Waals surface area contributed by atoms with Crippen molar-refractivity contribution in [1.29, 1.82) is 0 Å². The number of hydrogen-bond donors (Lipinski definition) is 0. The number of carbonyl (C=O) groups is 1. The van der Waals surface area contributed by atoms with Crippen LogP contribution in [0.5, 0.6) is 0 Å². The van der Waals surface area contributed by atoms with Crippen LogP contribution in [-0.4, -0.2) is 46.9 Å². The Kier molecular flexibility index (Phi) is 4.74. The van der Waals surface area contributed by atoms with Crippen LogP contribution in [0.4, 0.5) is 0 Å². The quantitative estimate of drug-likeness (QED) is 0.707. The third-order valence-electron chi connectivity index (χ3n) is 4.83. The average molecular weight is 366 g/mol. The Hall–Kier alpha value is -2.24. The van der Waals surface area contributed by atoms with Crippen LogP contribution in [-0.2, 0) is 6.54 Å². The molecule has 0 aliphatic carbocycles. The van der Waals surface area contributed by atoms with Gasteiger partial charge in [0.1, 0.15) is 5.01 Å². The second-order valence-electron chi connectivity index (χ2n) is 7.02. The van der Waals surface area contributed by atoms with Gasteiger partial charge in [-0.2, -0.15) is 0 Å². The summed E-state index contributed by atoms with van der Waals surface area (Å²) in [6, 6.07) is 14.4. The van der Waals surface area contributed by atoms with E-state index in [0.29, 0.717) is 0 Å². The summed E-state index contributed by atoms with van der Waals surface area (Å²) in [7, 11) is 0. The Bertz CT molecular complexity index is 888. The van der Waals surface area contributed by atoms with Gasteiger partial charge < -0.3 is 4.90 Å². The third kappa shape index (κ3) is 3.64. The van der Waals surface area contributed by atoms with Gasteiger partial charge in [0.25, 0.3) is 5.91 Å². The van der Waals surface area contributed by atoms with Crippen LogP contribution < -0.4 is 0 Å². The molecule has 0 radical (unpaired) electrons. The van der Waals surface area contributed by atoms with E-state index in [-0.39, 0.29) is 5.91 Å². The van der Waals surface area contributed by atoms with Gasteiger partial charge in [-0.05, 0) is 38.1 Å². The zero-order chi connectivity index (χ0) is 18.1. The molecule has 4 rings (SSSR count). The molecular weight excluding hydrogens is 342 g/mol. The second kappa shape index (κ2) is 7.17. The first-order valence-electron chi connectivity index (χ1n) is 9.03. The highest BCUT2D eigenvalue weighted by Crippen LogP contribution is 2.23. The number of benzene rings is 2. The van der Waals surface area contributed by atoms with E-state index >= 15 is 0 Å². The highest BCUT2D eigenvalue weighted by Gasteiger charge is 2.23. The zero-order valence-electron chi connectivity index (χ0n) is 15.2. The van der Waals surface area contributed by atoms with E-state index in [1.54, 1.807) is 11.3 Å². The van der Waals surface area contributed by atoms with Crippen LogP contribution in [0.1, 0.15) is 26.5 Å². The van der Waals surface area contributed by atoms with E-state index < -0.39 is 0 Å². The van der Waals surface area contributed by atoms with E-state index in [9.17, 15) is 4.79 Å². The lowest BCUT2D eigenvalue weighted by atomic mass is 10.1. The molecule has 0 atom stereocenters. The molecule has 1 amide bonds. The summed E-state index contributed by atoms with van der Waals surface area (Å²) in [5.41, 5.74) is 4.17. The molecule has 2 heterocycles. The molecule has 134 valence electrons. The maximum atomic E-state index is 12.8. The van der Waals surface area contributed by atoms with Gasteiger partial charge in [-0.1, -0.05) is 29.3 Å². The maximum absolute atomic E-state index is 12.8. The van der Waals surface area contributed by atoms with Crippen LogP contribution in [0.25, 0.3) is 10.2 Å². The molecule has 1 aliphatic heterocycles. The Balaban J connectivity index is 1.38. The van der Waals surface area contributed by atoms with E-state index in [4.69, 9.17) is 4.98 Å². The molecule has 1 fully saturated rings. The first-order chi connectivity index (χ1) is 12.6. The summed E-state index contributed by atoms with van der Waals surface area (Å²) in [5.74, 6) is 0.149. The minimum absolute atomic E-state index is 0.149. The monoisotopic (exact) mass is 365 g/mol. The normalized spacial score (nSPS) is 15.5. The molecule has 3 aromatic rings. The topological polar surface area (TPSA) is 36.4 Å². The maximum Gasteiger partial charge on any atom is 0.253 e. The van der Waals surface area contributed by atoms with Crippen molar-refractivity contribution in [3.8, 4) is 0 Å². The molecule has 5 heteroatoms. The molecule has 1 aromatic heterocycles. The summed E-state index contributed by atoms with van der Waals surface area (Å²) in [6.07, 6.45) is 0. The van der Waals surface area contributed by atoms with E-state index in [0.717, 1.165) is 59.9 Å². The number of carbonyl (C=O) groups excluding carboxylic acids is 1. The predicted octanol–water partition coefficient (Wildman–Crippen LogP) is 3.87. The summed E-state index contributed by atoms with van der Waals surface area (Å²) in [5, 5.41) is 1.15. The van der Waals surface area contributed by atoms with Crippen LogP contribution in [0.15, 0.2) is 42.5 Å². The van der Waals surface area contributed by atoms with Crippen molar-refractivity contribution in [3.05, 3.63) is 64.2 Å². The second-order valence-corrected chi connectivity index (χ2v) is 8.14. The number of thiazole rings is 1. The predicted molar refractivity (Wildman–Crippen MR) is 107 cm³/mol. The molecule has 2 aromatic carbocycles. The summed E-state index contributed by atoms with van der Waals surface area (Å²) in [4.78, 5) is 21.9. The SMILES string of the molecule is Cc1cc(C)cc(C(=O)N2CCN(Cc3nc4ccccc4s3)CC2)c1. The van der Waals surface area contributed by atoms with E-state index in [1.807, 2.05) is 36.9 Å². The number of piperazine rings is 1. The number of aromatic nitrogens is 1. The summed E-state index contributed by atoms with van der Waals surface area (Å²) >= 11 is 1.76. The summed E-state index contributed by atoms with van der Waals surface area (Å²) in [6.45, 7) is 8.29. The fourth-order valence-electron chi connectivity index (χ4n) is 3.57. The van der Waals surface area contributed by atoms with Gasteiger partial charge in [0.05, 0.1) is 16.8 Å². The van der Waals surface area contributed by atoms with Crippen molar-refractivity contribution in [2.75, 3.05) is 26.2 Å². The van der Waals surface area contributed by atoms with Gasteiger partial charge in [0.2, 0.25) is 0 Å². The van der Waals surface area contributed by atoms with Crippen molar-refractivity contribution in [2.24, 2.45) is 0 Å². The van der Waals surface area contributed by atoms with Gasteiger partial charge >= 0.3 is 0 Å². The largest absolute Gasteiger partial charge is 0.336 e. The van der Waals surface area contributed by atoms with E-state index in [1.165, 1.54) is 4.70 Å².